The number of halogens is 1. The molecule has 3 aromatic carbocycles. The third-order valence-corrected chi connectivity index (χ3v) is 5.65. The number of benzene rings is 3. The molecule has 0 unspecified atom stereocenters. The van der Waals surface area contributed by atoms with E-state index >= 15 is 0 Å². The Morgan fingerprint density at radius 1 is 0.903 bits per heavy atom. The van der Waals surface area contributed by atoms with E-state index in [1.807, 2.05) is 0 Å². The van der Waals surface area contributed by atoms with E-state index in [0.717, 1.165) is 5.56 Å². The highest BCUT2D eigenvalue weighted by Gasteiger charge is 2.14. The minimum Gasteiger partial charge on any atom is -0.497 e. The van der Waals surface area contributed by atoms with E-state index in [-0.39, 0.29) is 29.8 Å². The van der Waals surface area contributed by atoms with E-state index in [4.69, 9.17) is 9.47 Å². The first-order valence-electron chi connectivity index (χ1n) is 9.26. The van der Waals surface area contributed by atoms with Gasteiger partial charge in [-0.05, 0) is 66.2 Å². The van der Waals surface area contributed by atoms with Gasteiger partial charge in [0.15, 0.2) is 6.61 Å². The van der Waals surface area contributed by atoms with Gasteiger partial charge in [0.05, 0.1) is 12.0 Å². The van der Waals surface area contributed by atoms with Crippen LogP contribution in [0.15, 0.2) is 77.7 Å². The van der Waals surface area contributed by atoms with Crippen molar-refractivity contribution in [2.24, 2.45) is 0 Å². The average Bonchev–Trinajstić information content (AvgIpc) is 2.78. The number of hydrogen-bond donors (Lipinski definition) is 2. The van der Waals surface area contributed by atoms with Gasteiger partial charge >= 0.3 is 0 Å². The summed E-state index contributed by atoms with van der Waals surface area (Å²) >= 11 is 0. The van der Waals surface area contributed by atoms with E-state index in [1.165, 1.54) is 43.5 Å². The number of methoxy groups -OCH3 is 1. The van der Waals surface area contributed by atoms with Crippen molar-refractivity contribution in [3.63, 3.8) is 0 Å². The van der Waals surface area contributed by atoms with E-state index < -0.39 is 10.0 Å². The van der Waals surface area contributed by atoms with Gasteiger partial charge in [0.1, 0.15) is 17.3 Å². The molecule has 31 heavy (non-hydrogen) atoms. The van der Waals surface area contributed by atoms with Crippen LogP contribution in [0.3, 0.4) is 0 Å². The van der Waals surface area contributed by atoms with Crippen molar-refractivity contribution in [3.05, 3.63) is 84.2 Å². The summed E-state index contributed by atoms with van der Waals surface area (Å²) in [5.74, 6) is 0.261. The highest BCUT2D eigenvalue weighted by Crippen LogP contribution is 2.21. The number of nitrogens with one attached hydrogen (secondary N) is 2. The number of carbonyl (C=O) groups is 1. The zero-order valence-electron chi connectivity index (χ0n) is 16.7. The molecule has 0 aliphatic rings. The zero-order valence-corrected chi connectivity index (χ0v) is 17.5. The largest absolute Gasteiger partial charge is 0.497 e. The Kier molecular flexibility index (Phi) is 7.09. The highest BCUT2D eigenvalue weighted by atomic mass is 32.2. The molecule has 3 aromatic rings. The summed E-state index contributed by atoms with van der Waals surface area (Å²) in [7, 11) is -2.25. The maximum Gasteiger partial charge on any atom is 0.261 e. The second-order valence-electron chi connectivity index (χ2n) is 6.50. The highest BCUT2D eigenvalue weighted by molar-refractivity contribution is 7.92. The van der Waals surface area contributed by atoms with E-state index in [9.17, 15) is 17.6 Å². The molecular weight excluding hydrogens is 423 g/mol. The fraction of sp³-hybridized carbons (Fsp3) is 0.136. The van der Waals surface area contributed by atoms with Crippen LogP contribution in [0.5, 0.6) is 11.5 Å². The van der Waals surface area contributed by atoms with Crippen LogP contribution in [0.2, 0.25) is 0 Å². The van der Waals surface area contributed by atoms with Gasteiger partial charge in [0, 0.05) is 12.2 Å². The van der Waals surface area contributed by atoms with Crippen molar-refractivity contribution >= 4 is 21.6 Å². The lowest BCUT2D eigenvalue weighted by Gasteiger charge is -2.10. The SMILES string of the molecule is COc1ccc(NS(=O)(=O)c2ccc(OCC(=O)NCc3ccc(F)cc3)cc2)cc1. The summed E-state index contributed by atoms with van der Waals surface area (Å²) in [6, 6.07) is 18.0. The minimum absolute atomic E-state index is 0.0522. The number of ether oxygens (including phenoxy) is 2. The molecule has 0 aliphatic carbocycles. The zero-order chi connectivity index (χ0) is 22.3. The lowest BCUT2D eigenvalue weighted by Crippen LogP contribution is -2.28. The summed E-state index contributed by atoms with van der Waals surface area (Å²) in [5.41, 5.74) is 1.16. The average molecular weight is 444 g/mol. The number of sulfonamides is 1. The first-order valence-corrected chi connectivity index (χ1v) is 10.7. The second kappa shape index (κ2) is 9.94. The standard InChI is InChI=1S/C22H21FN2O5S/c1-29-19-8-6-18(7-9-19)25-31(27,28)21-12-10-20(11-13-21)30-15-22(26)24-14-16-2-4-17(23)5-3-16/h2-13,25H,14-15H2,1H3,(H,24,26). The molecule has 1 amide bonds. The molecule has 0 atom stereocenters. The second-order valence-corrected chi connectivity index (χ2v) is 8.18. The molecule has 0 spiro atoms. The Balaban J connectivity index is 1.51. The van der Waals surface area contributed by atoms with Crippen LogP contribution in [-0.2, 0) is 21.4 Å². The van der Waals surface area contributed by atoms with Crippen molar-refractivity contribution < 1.29 is 27.1 Å². The Morgan fingerprint density at radius 3 is 2.13 bits per heavy atom. The maximum absolute atomic E-state index is 12.9. The number of rotatable bonds is 9. The molecular formula is C22H21FN2O5S. The predicted octanol–water partition coefficient (Wildman–Crippen LogP) is 3.33. The molecule has 0 fully saturated rings. The van der Waals surface area contributed by atoms with Crippen LogP contribution in [0.1, 0.15) is 5.56 Å². The first kappa shape index (κ1) is 22.1. The van der Waals surface area contributed by atoms with Gasteiger partial charge in [-0.2, -0.15) is 0 Å². The Labute approximate surface area is 179 Å². The first-order chi connectivity index (χ1) is 14.9. The molecule has 0 aromatic heterocycles. The molecule has 0 aliphatic heterocycles. The topological polar surface area (TPSA) is 93.7 Å². The van der Waals surface area contributed by atoms with E-state index in [1.54, 1.807) is 36.4 Å². The molecule has 7 nitrogen and oxygen atoms in total. The smallest absolute Gasteiger partial charge is 0.261 e. The molecule has 162 valence electrons. The lowest BCUT2D eigenvalue weighted by molar-refractivity contribution is -0.123. The third-order valence-electron chi connectivity index (χ3n) is 4.25. The van der Waals surface area contributed by atoms with Crippen LogP contribution >= 0.6 is 0 Å². The number of amides is 1. The fourth-order valence-electron chi connectivity index (χ4n) is 2.59. The van der Waals surface area contributed by atoms with Gasteiger partial charge in [-0.25, -0.2) is 12.8 Å². The van der Waals surface area contributed by atoms with Gasteiger partial charge in [-0.15, -0.1) is 0 Å². The quantitative estimate of drug-likeness (QED) is 0.528. The van der Waals surface area contributed by atoms with Gasteiger partial charge in [0.25, 0.3) is 15.9 Å². The van der Waals surface area contributed by atoms with Crippen LogP contribution in [-0.4, -0.2) is 28.0 Å². The summed E-state index contributed by atoms with van der Waals surface area (Å²) < 4.78 is 50.8. The van der Waals surface area contributed by atoms with Gasteiger partial charge in [-0.3, -0.25) is 9.52 Å². The van der Waals surface area contributed by atoms with E-state index in [2.05, 4.69) is 10.0 Å². The monoisotopic (exact) mass is 444 g/mol. The predicted molar refractivity (Wildman–Crippen MR) is 114 cm³/mol. The normalized spacial score (nSPS) is 10.9. The van der Waals surface area contributed by atoms with Crippen LogP contribution < -0.4 is 19.5 Å². The number of hydrogen-bond acceptors (Lipinski definition) is 5. The van der Waals surface area contributed by atoms with E-state index in [0.29, 0.717) is 17.2 Å². The van der Waals surface area contributed by atoms with Gasteiger partial charge in [0.2, 0.25) is 0 Å². The molecule has 3 rings (SSSR count). The molecule has 2 N–H and O–H groups in total. The lowest BCUT2D eigenvalue weighted by atomic mass is 10.2. The van der Waals surface area contributed by atoms with Gasteiger partial charge in [-0.1, -0.05) is 12.1 Å². The van der Waals surface area contributed by atoms with Crippen LogP contribution in [0, 0.1) is 5.82 Å². The Bertz CT molecular complexity index is 1120. The van der Waals surface area contributed by atoms with Crippen molar-refractivity contribution in [2.75, 3.05) is 18.4 Å². The van der Waals surface area contributed by atoms with Crippen molar-refractivity contribution in [3.8, 4) is 11.5 Å². The summed E-state index contributed by atoms with van der Waals surface area (Å²) in [6.45, 7) is 0.00801. The van der Waals surface area contributed by atoms with Crippen molar-refractivity contribution in [1.82, 2.24) is 5.32 Å². The molecule has 0 saturated heterocycles. The van der Waals surface area contributed by atoms with Crippen molar-refractivity contribution in [2.45, 2.75) is 11.4 Å². The van der Waals surface area contributed by atoms with Gasteiger partial charge < -0.3 is 14.8 Å². The van der Waals surface area contributed by atoms with Crippen molar-refractivity contribution in [1.29, 1.82) is 0 Å². The Morgan fingerprint density at radius 2 is 1.52 bits per heavy atom. The summed E-state index contributed by atoms with van der Waals surface area (Å²) in [4.78, 5) is 12.0. The molecule has 0 heterocycles. The molecule has 0 bridgehead atoms. The molecule has 0 radical (unpaired) electrons. The fourth-order valence-corrected chi connectivity index (χ4v) is 3.65. The summed E-state index contributed by atoms with van der Waals surface area (Å²) in [5, 5.41) is 2.66. The Hall–Kier alpha value is -3.59. The molecule has 0 saturated carbocycles. The number of anilines is 1. The molecule has 9 heteroatoms. The van der Waals surface area contributed by atoms with Crippen LogP contribution in [0.25, 0.3) is 0 Å². The maximum atomic E-state index is 12.9. The summed E-state index contributed by atoms with van der Waals surface area (Å²) in [6.07, 6.45) is 0. The third kappa shape index (κ3) is 6.45. The van der Waals surface area contributed by atoms with Crippen LogP contribution in [0.4, 0.5) is 10.1 Å². The number of carbonyl (C=O) groups excluding carboxylic acids is 1. The minimum atomic E-state index is -3.78.